The number of nitrogens with zero attached hydrogens (tertiary/aromatic N) is 1. The second kappa shape index (κ2) is 7.34. The Balaban J connectivity index is 1.62. The lowest BCUT2D eigenvalue weighted by Crippen LogP contribution is -2.35. The lowest BCUT2D eigenvalue weighted by Gasteiger charge is -2.31. The summed E-state index contributed by atoms with van der Waals surface area (Å²) < 4.78 is 6.03. The van der Waals surface area contributed by atoms with Crippen molar-refractivity contribution < 1.29 is 9.53 Å². The fraction of sp³-hybridized carbons (Fsp3) is 0.350. The summed E-state index contributed by atoms with van der Waals surface area (Å²) in [5, 5.41) is 0. The van der Waals surface area contributed by atoms with E-state index in [4.69, 9.17) is 4.74 Å². The molecule has 1 fully saturated rings. The molecule has 2 aliphatic heterocycles. The van der Waals surface area contributed by atoms with Crippen LogP contribution in [0.15, 0.2) is 42.5 Å². The number of para-hydroxylation sites is 1. The molecule has 4 rings (SSSR count). The standard InChI is InChI=1S/C20H21NO2S2/c1-23-17-6-2-4-14-5-3-11-21(18(14)17)19(22)15-7-9-16(10-8-15)20-24-12-13-25-20/h2,4,6-10,20H,3,5,11-13H2,1H3. The molecule has 0 saturated carbocycles. The zero-order valence-electron chi connectivity index (χ0n) is 14.2. The third-order valence-corrected chi connectivity index (χ3v) is 7.80. The van der Waals surface area contributed by atoms with Gasteiger partial charge in [-0.05, 0) is 42.2 Å². The number of amides is 1. The van der Waals surface area contributed by atoms with Crippen molar-refractivity contribution in [2.24, 2.45) is 0 Å². The first-order valence-corrected chi connectivity index (χ1v) is 10.7. The van der Waals surface area contributed by atoms with Crippen molar-refractivity contribution in [1.29, 1.82) is 0 Å². The molecule has 2 aliphatic rings. The zero-order chi connectivity index (χ0) is 17.2. The first kappa shape index (κ1) is 16.9. The number of carbonyl (C=O) groups is 1. The molecule has 2 aromatic rings. The van der Waals surface area contributed by atoms with Gasteiger partial charge in [0.25, 0.3) is 5.91 Å². The number of hydrogen-bond acceptors (Lipinski definition) is 4. The van der Waals surface area contributed by atoms with Crippen LogP contribution < -0.4 is 9.64 Å². The van der Waals surface area contributed by atoms with Gasteiger partial charge in [0.15, 0.2) is 0 Å². The van der Waals surface area contributed by atoms with E-state index in [1.165, 1.54) is 22.6 Å². The Morgan fingerprint density at radius 1 is 1.12 bits per heavy atom. The number of aryl methyl sites for hydroxylation is 1. The van der Waals surface area contributed by atoms with Crippen LogP contribution in [0, 0.1) is 0 Å². The third kappa shape index (κ3) is 3.27. The molecular weight excluding hydrogens is 350 g/mol. The van der Waals surface area contributed by atoms with Gasteiger partial charge in [0.2, 0.25) is 0 Å². The molecule has 1 amide bonds. The van der Waals surface area contributed by atoms with E-state index in [1.807, 2.05) is 52.7 Å². The lowest BCUT2D eigenvalue weighted by molar-refractivity contribution is 0.0984. The summed E-state index contributed by atoms with van der Waals surface area (Å²) in [4.78, 5) is 15.0. The molecule has 0 bridgehead atoms. The largest absolute Gasteiger partial charge is 0.495 e. The van der Waals surface area contributed by atoms with Gasteiger partial charge in [-0.1, -0.05) is 24.3 Å². The summed E-state index contributed by atoms with van der Waals surface area (Å²) in [5.41, 5.74) is 4.18. The summed E-state index contributed by atoms with van der Waals surface area (Å²) >= 11 is 3.97. The van der Waals surface area contributed by atoms with Crippen molar-refractivity contribution in [3.8, 4) is 5.75 Å². The van der Waals surface area contributed by atoms with Crippen LogP contribution in [-0.2, 0) is 6.42 Å². The van der Waals surface area contributed by atoms with Crippen molar-refractivity contribution in [2.45, 2.75) is 17.4 Å². The summed E-state index contributed by atoms with van der Waals surface area (Å²) in [6.07, 6.45) is 1.98. The second-order valence-electron chi connectivity index (χ2n) is 6.22. The van der Waals surface area contributed by atoms with E-state index in [2.05, 4.69) is 18.2 Å². The molecule has 0 N–H and O–H groups in total. The van der Waals surface area contributed by atoms with Gasteiger partial charge in [-0.25, -0.2) is 0 Å². The number of fused-ring (bicyclic) bond motifs is 1. The molecule has 25 heavy (non-hydrogen) atoms. The van der Waals surface area contributed by atoms with Crippen molar-refractivity contribution in [3.05, 3.63) is 59.2 Å². The van der Waals surface area contributed by atoms with E-state index in [0.717, 1.165) is 36.4 Å². The first-order valence-electron chi connectivity index (χ1n) is 8.59. The monoisotopic (exact) mass is 371 g/mol. The second-order valence-corrected chi connectivity index (χ2v) is 8.95. The minimum absolute atomic E-state index is 0.0590. The molecule has 0 unspecified atom stereocenters. The normalized spacial score (nSPS) is 17.4. The van der Waals surface area contributed by atoms with E-state index in [9.17, 15) is 4.79 Å². The Bertz CT molecular complexity index is 756. The predicted molar refractivity (Wildman–Crippen MR) is 107 cm³/mol. The molecule has 5 heteroatoms. The number of thioether (sulfide) groups is 2. The average Bonchev–Trinajstić information content (AvgIpc) is 3.21. The maximum Gasteiger partial charge on any atom is 0.258 e. The Kier molecular flexibility index (Phi) is 4.95. The van der Waals surface area contributed by atoms with Gasteiger partial charge >= 0.3 is 0 Å². The number of ether oxygens (including phenoxy) is 1. The zero-order valence-corrected chi connectivity index (χ0v) is 15.9. The van der Waals surface area contributed by atoms with Gasteiger partial charge in [0.05, 0.1) is 17.4 Å². The molecular formula is C20H21NO2S2. The van der Waals surface area contributed by atoms with Crippen molar-refractivity contribution in [1.82, 2.24) is 0 Å². The van der Waals surface area contributed by atoms with Crippen LogP contribution in [0.25, 0.3) is 0 Å². The van der Waals surface area contributed by atoms with E-state index < -0.39 is 0 Å². The molecule has 1 saturated heterocycles. The first-order chi connectivity index (χ1) is 12.3. The smallest absolute Gasteiger partial charge is 0.258 e. The van der Waals surface area contributed by atoms with Gasteiger partial charge in [-0.15, -0.1) is 23.5 Å². The SMILES string of the molecule is COc1cccc2c1N(C(=O)c1ccc(C3SCCS3)cc1)CCC2. The highest BCUT2D eigenvalue weighted by atomic mass is 32.2. The maximum absolute atomic E-state index is 13.1. The Morgan fingerprint density at radius 2 is 1.88 bits per heavy atom. The van der Waals surface area contributed by atoms with Crippen LogP contribution in [0.5, 0.6) is 5.75 Å². The van der Waals surface area contributed by atoms with Gasteiger partial charge < -0.3 is 9.64 Å². The van der Waals surface area contributed by atoms with Gasteiger partial charge in [0.1, 0.15) is 5.75 Å². The average molecular weight is 372 g/mol. The fourth-order valence-corrected chi connectivity index (χ4v) is 6.33. The number of carbonyl (C=O) groups excluding carboxylic acids is 1. The molecule has 0 aliphatic carbocycles. The number of rotatable bonds is 3. The molecule has 0 atom stereocenters. The highest BCUT2D eigenvalue weighted by Crippen LogP contribution is 2.45. The van der Waals surface area contributed by atoms with Gasteiger partial charge in [-0.3, -0.25) is 4.79 Å². The predicted octanol–water partition coefficient (Wildman–Crippen LogP) is 4.77. The molecule has 130 valence electrons. The minimum Gasteiger partial charge on any atom is -0.495 e. The van der Waals surface area contributed by atoms with E-state index in [1.54, 1.807) is 7.11 Å². The molecule has 2 heterocycles. The summed E-state index contributed by atoms with van der Waals surface area (Å²) in [6, 6.07) is 14.2. The highest BCUT2D eigenvalue weighted by molar-refractivity contribution is 8.19. The van der Waals surface area contributed by atoms with Crippen LogP contribution in [0.2, 0.25) is 0 Å². The number of anilines is 1. The minimum atomic E-state index is 0.0590. The van der Waals surface area contributed by atoms with E-state index in [-0.39, 0.29) is 5.91 Å². The van der Waals surface area contributed by atoms with E-state index >= 15 is 0 Å². The molecule has 2 aromatic carbocycles. The van der Waals surface area contributed by atoms with Gasteiger partial charge in [-0.2, -0.15) is 0 Å². The highest BCUT2D eigenvalue weighted by Gasteiger charge is 2.27. The summed E-state index contributed by atoms with van der Waals surface area (Å²) in [7, 11) is 1.67. The van der Waals surface area contributed by atoms with Crippen molar-refractivity contribution in [2.75, 3.05) is 30.1 Å². The molecule has 3 nitrogen and oxygen atoms in total. The summed E-state index contributed by atoms with van der Waals surface area (Å²) in [5.74, 6) is 3.26. The number of benzene rings is 2. The molecule has 0 radical (unpaired) electrons. The number of hydrogen-bond donors (Lipinski definition) is 0. The van der Waals surface area contributed by atoms with Crippen LogP contribution in [-0.4, -0.2) is 31.1 Å². The maximum atomic E-state index is 13.1. The topological polar surface area (TPSA) is 29.5 Å². The van der Waals surface area contributed by atoms with Crippen LogP contribution in [0.1, 0.15) is 32.5 Å². The summed E-state index contributed by atoms with van der Waals surface area (Å²) in [6.45, 7) is 0.738. The molecule has 0 spiro atoms. The van der Waals surface area contributed by atoms with E-state index in [0.29, 0.717) is 4.58 Å². The van der Waals surface area contributed by atoms with Crippen molar-refractivity contribution >= 4 is 35.1 Å². The van der Waals surface area contributed by atoms with Crippen LogP contribution >= 0.6 is 23.5 Å². The third-order valence-electron chi connectivity index (χ3n) is 4.70. The van der Waals surface area contributed by atoms with Crippen LogP contribution in [0.4, 0.5) is 5.69 Å². The van der Waals surface area contributed by atoms with Gasteiger partial charge in [0, 0.05) is 23.6 Å². The Labute approximate surface area is 157 Å². The fourth-order valence-electron chi connectivity index (χ4n) is 3.47. The van der Waals surface area contributed by atoms with Crippen molar-refractivity contribution in [3.63, 3.8) is 0 Å². The molecule has 0 aromatic heterocycles. The quantitative estimate of drug-likeness (QED) is 0.777. The Morgan fingerprint density at radius 3 is 2.60 bits per heavy atom. The Hall–Kier alpha value is -1.59. The number of methoxy groups -OCH3 is 1. The lowest BCUT2D eigenvalue weighted by atomic mass is 10.00. The van der Waals surface area contributed by atoms with Crippen LogP contribution in [0.3, 0.4) is 0 Å².